The van der Waals surface area contributed by atoms with Crippen LogP contribution in [0.1, 0.15) is 13.8 Å². The average molecular weight is 215 g/mol. The number of hydrogen-bond acceptors (Lipinski definition) is 3. The van der Waals surface area contributed by atoms with Gasteiger partial charge in [0.15, 0.2) is 0 Å². The summed E-state index contributed by atoms with van der Waals surface area (Å²) in [6.45, 7) is 4.18. The molecular weight excluding hydrogens is 200 g/mol. The van der Waals surface area contributed by atoms with Crippen LogP contribution in [-0.2, 0) is 0 Å². The van der Waals surface area contributed by atoms with Crippen molar-refractivity contribution in [2.45, 2.75) is 19.9 Å². The summed E-state index contributed by atoms with van der Waals surface area (Å²) in [6.07, 6.45) is 3.25. The van der Waals surface area contributed by atoms with Crippen molar-refractivity contribution < 1.29 is 5.11 Å². The van der Waals surface area contributed by atoms with Gasteiger partial charge in [0.25, 0.3) is 0 Å². The van der Waals surface area contributed by atoms with E-state index in [4.69, 9.17) is 16.7 Å². The maximum absolute atomic E-state index is 9.13. The highest BCUT2D eigenvalue weighted by atomic mass is 35.5. The van der Waals surface area contributed by atoms with Gasteiger partial charge >= 0.3 is 0 Å². The number of halogens is 1. The second-order valence-electron chi connectivity index (χ2n) is 3.53. The summed E-state index contributed by atoms with van der Waals surface area (Å²) >= 11 is 5.92. The van der Waals surface area contributed by atoms with Crippen molar-refractivity contribution in [2.24, 2.45) is 5.92 Å². The van der Waals surface area contributed by atoms with Gasteiger partial charge in [-0.2, -0.15) is 0 Å². The largest absolute Gasteiger partial charge is 0.394 e. The molecule has 1 aromatic rings. The molecule has 1 aromatic heterocycles. The normalized spacial score (nSPS) is 12.9. The summed E-state index contributed by atoms with van der Waals surface area (Å²) in [6, 6.07) is 1.82. The van der Waals surface area contributed by atoms with Crippen molar-refractivity contribution in [1.29, 1.82) is 0 Å². The fourth-order valence-corrected chi connectivity index (χ4v) is 1.29. The fourth-order valence-electron chi connectivity index (χ4n) is 1.12. The van der Waals surface area contributed by atoms with Gasteiger partial charge in [0.1, 0.15) is 0 Å². The van der Waals surface area contributed by atoms with Gasteiger partial charge in [-0.3, -0.25) is 4.98 Å². The molecule has 1 atom stereocenters. The summed E-state index contributed by atoms with van der Waals surface area (Å²) < 4.78 is 0. The lowest BCUT2D eigenvalue weighted by Crippen LogP contribution is -2.29. The van der Waals surface area contributed by atoms with Crippen LogP contribution in [0.25, 0.3) is 0 Å². The van der Waals surface area contributed by atoms with Crippen molar-refractivity contribution in [3.63, 3.8) is 0 Å². The Kier molecular flexibility index (Phi) is 4.17. The van der Waals surface area contributed by atoms with E-state index in [1.165, 1.54) is 0 Å². The van der Waals surface area contributed by atoms with Gasteiger partial charge in [0.05, 0.1) is 23.4 Å². The van der Waals surface area contributed by atoms with Gasteiger partial charge in [-0.05, 0) is 12.0 Å². The Bertz CT molecular complexity index is 291. The standard InChI is InChI=1S/C10H15ClN2O/c1-7(2)10(6-14)13-9-3-4-12-5-8(9)11/h3-5,7,10,14H,6H2,1-2H3,(H,12,13). The highest BCUT2D eigenvalue weighted by Gasteiger charge is 2.12. The predicted molar refractivity (Wildman–Crippen MR) is 58.6 cm³/mol. The molecule has 0 radical (unpaired) electrons. The smallest absolute Gasteiger partial charge is 0.0820 e. The SMILES string of the molecule is CC(C)C(CO)Nc1ccncc1Cl. The van der Waals surface area contributed by atoms with Crippen LogP contribution in [0.4, 0.5) is 5.69 Å². The Labute approximate surface area is 89.1 Å². The average Bonchev–Trinajstić information content (AvgIpc) is 2.16. The minimum atomic E-state index is 0.0231. The Morgan fingerprint density at radius 1 is 1.57 bits per heavy atom. The van der Waals surface area contributed by atoms with Gasteiger partial charge in [0, 0.05) is 12.4 Å². The van der Waals surface area contributed by atoms with Crippen molar-refractivity contribution in [3.05, 3.63) is 23.5 Å². The lowest BCUT2D eigenvalue weighted by Gasteiger charge is -2.21. The van der Waals surface area contributed by atoms with Gasteiger partial charge in [-0.25, -0.2) is 0 Å². The summed E-state index contributed by atoms with van der Waals surface area (Å²) in [5.74, 6) is 0.351. The minimum Gasteiger partial charge on any atom is -0.394 e. The van der Waals surface area contributed by atoms with Crippen LogP contribution in [0.3, 0.4) is 0 Å². The quantitative estimate of drug-likeness (QED) is 0.808. The Morgan fingerprint density at radius 2 is 2.29 bits per heavy atom. The second kappa shape index (κ2) is 5.17. The number of aliphatic hydroxyl groups is 1. The van der Waals surface area contributed by atoms with Crippen LogP contribution in [0.5, 0.6) is 0 Å². The van der Waals surface area contributed by atoms with E-state index >= 15 is 0 Å². The van der Waals surface area contributed by atoms with Gasteiger partial charge in [0.2, 0.25) is 0 Å². The Hall–Kier alpha value is -0.800. The molecular formula is C10H15ClN2O. The minimum absolute atomic E-state index is 0.0231. The van der Waals surface area contributed by atoms with E-state index in [2.05, 4.69) is 10.3 Å². The van der Waals surface area contributed by atoms with Crippen LogP contribution in [0.2, 0.25) is 5.02 Å². The number of aliphatic hydroxyl groups excluding tert-OH is 1. The first-order chi connectivity index (χ1) is 6.65. The van der Waals surface area contributed by atoms with Crippen LogP contribution in [0.15, 0.2) is 18.5 Å². The topological polar surface area (TPSA) is 45.1 Å². The van der Waals surface area contributed by atoms with Crippen LogP contribution in [0, 0.1) is 5.92 Å². The van der Waals surface area contributed by atoms with Crippen molar-refractivity contribution in [3.8, 4) is 0 Å². The third-order valence-corrected chi connectivity index (χ3v) is 2.42. The summed E-state index contributed by atoms with van der Waals surface area (Å²) in [5.41, 5.74) is 0.814. The molecule has 2 N–H and O–H groups in total. The molecule has 0 spiro atoms. The molecule has 4 heteroatoms. The van der Waals surface area contributed by atoms with E-state index < -0.39 is 0 Å². The molecule has 1 unspecified atom stereocenters. The number of rotatable bonds is 4. The molecule has 0 aliphatic rings. The zero-order chi connectivity index (χ0) is 10.6. The summed E-state index contributed by atoms with van der Waals surface area (Å²) in [5, 5.41) is 12.9. The van der Waals surface area contributed by atoms with E-state index in [1.807, 2.05) is 13.8 Å². The number of aromatic nitrogens is 1. The molecule has 0 amide bonds. The fraction of sp³-hybridized carbons (Fsp3) is 0.500. The highest BCUT2D eigenvalue weighted by Crippen LogP contribution is 2.21. The Morgan fingerprint density at radius 3 is 2.79 bits per heavy atom. The van der Waals surface area contributed by atoms with Crippen molar-refractivity contribution >= 4 is 17.3 Å². The van der Waals surface area contributed by atoms with Crippen LogP contribution < -0.4 is 5.32 Å². The summed E-state index contributed by atoms with van der Waals surface area (Å²) in [4.78, 5) is 3.89. The monoisotopic (exact) mass is 214 g/mol. The number of nitrogens with zero attached hydrogens (tertiary/aromatic N) is 1. The number of anilines is 1. The van der Waals surface area contributed by atoms with E-state index in [0.29, 0.717) is 10.9 Å². The number of hydrogen-bond donors (Lipinski definition) is 2. The molecule has 1 heterocycles. The van der Waals surface area contributed by atoms with E-state index in [9.17, 15) is 0 Å². The highest BCUT2D eigenvalue weighted by molar-refractivity contribution is 6.33. The molecule has 1 rings (SSSR count). The molecule has 0 fully saturated rings. The van der Waals surface area contributed by atoms with Crippen LogP contribution in [-0.4, -0.2) is 22.7 Å². The lowest BCUT2D eigenvalue weighted by atomic mass is 10.1. The molecule has 0 saturated carbocycles. The first-order valence-electron chi connectivity index (χ1n) is 4.62. The third kappa shape index (κ3) is 2.86. The summed E-state index contributed by atoms with van der Waals surface area (Å²) in [7, 11) is 0. The molecule has 0 aliphatic carbocycles. The molecule has 0 bridgehead atoms. The maximum atomic E-state index is 9.13. The third-order valence-electron chi connectivity index (χ3n) is 2.11. The zero-order valence-electron chi connectivity index (χ0n) is 8.37. The molecule has 0 aliphatic heterocycles. The molecule has 0 saturated heterocycles. The van der Waals surface area contributed by atoms with Gasteiger partial charge in [-0.15, -0.1) is 0 Å². The van der Waals surface area contributed by atoms with Crippen molar-refractivity contribution in [2.75, 3.05) is 11.9 Å². The van der Waals surface area contributed by atoms with Gasteiger partial charge in [-0.1, -0.05) is 25.4 Å². The predicted octanol–water partition coefficient (Wildman–Crippen LogP) is 2.16. The van der Waals surface area contributed by atoms with Crippen LogP contribution >= 0.6 is 11.6 Å². The number of nitrogens with one attached hydrogen (secondary N) is 1. The zero-order valence-corrected chi connectivity index (χ0v) is 9.12. The maximum Gasteiger partial charge on any atom is 0.0820 e. The van der Waals surface area contributed by atoms with Crippen molar-refractivity contribution in [1.82, 2.24) is 4.98 Å². The van der Waals surface area contributed by atoms with E-state index in [1.54, 1.807) is 18.5 Å². The second-order valence-corrected chi connectivity index (χ2v) is 3.94. The molecule has 14 heavy (non-hydrogen) atoms. The first-order valence-corrected chi connectivity index (χ1v) is 5.00. The molecule has 78 valence electrons. The first kappa shape index (κ1) is 11.3. The molecule has 3 nitrogen and oxygen atoms in total. The van der Waals surface area contributed by atoms with E-state index in [-0.39, 0.29) is 12.6 Å². The van der Waals surface area contributed by atoms with Gasteiger partial charge < -0.3 is 10.4 Å². The Balaban J connectivity index is 2.72. The lowest BCUT2D eigenvalue weighted by molar-refractivity contribution is 0.249. The molecule has 0 aromatic carbocycles. The number of pyridine rings is 1. The van der Waals surface area contributed by atoms with E-state index in [0.717, 1.165) is 5.69 Å².